The van der Waals surface area contributed by atoms with Gasteiger partial charge in [0.2, 0.25) is 0 Å². The Morgan fingerprint density at radius 2 is 1.96 bits per heavy atom. The quantitative estimate of drug-likeness (QED) is 0.493. The minimum Gasteiger partial charge on any atom is -0.403 e. The van der Waals surface area contributed by atoms with Crippen molar-refractivity contribution in [1.82, 2.24) is 10.3 Å². The van der Waals surface area contributed by atoms with Gasteiger partial charge in [0.1, 0.15) is 0 Å². The Labute approximate surface area is 140 Å². The van der Waals surface area contributed by atoms with Gasteiger partial charge in [-0.25, -0.2) is 5.84 Å². The van der Waals surface area contributed by atoms with Crippen LogP contribution in [0.2, 0.25) is 0 Å². The summed E-state index contributed by atoms with van der Waals surface area (Å²) in [6.07, 6.45) is 0.0256. The summed E-state index contributed by atoms with van der Waals surface area (Å²) >= 11 is 0. The lowest BCUT2D eigenvalue weighted by Crippen LogP contribution is -2.43. The summed E-state index contributed by atoms with van der Waals surface area (Å²) in [7, 11) is 1.70. The van der Waals surface area contributed by atoms with Gasteiger partial charge in [-0.1, -0.05) is 18.2 Å². The molecule has 24 heavy (non-hydrogen) atoms. The number of halogens is 3. The molecule has 2 rings (SSSR count). The predicted octanol–water partition coefficient (Wildman–Crippen LogP) is 1.58. The monoisotopic (exact) mass is 346 g/mol. The second kappa shape index (κ2) is 8.91. The lowest BCUT2D eigenvalue weighted by atomic mass is 9.86. The molecule has 0 amide bonds. The maximum Gasteiger partial charge on any atom is 0.416 e. The lowest BCUT2D eigenvalue weighted by Gasteiger charge is -2.32. The van der Waals surface area contributed by atoms with Crippen LogP contribution in [0.25, 0.3) is 0 Å². The molecule has 1 saturated heterocycles. The number of rotatable bonds is 3. The third kappa shape index (κ3) is 7.20. The Morgan fingerprint density at radius 3 is 2.42 bits per heavy atom. The number of nitrogens with two attached hydrogens (primary N) is 2. The highest BCUT2D eigenvalue weighted by Crippen LogP contribution is 2.31. The summed E-state index contributed by atoms with van der Waals surface area (Å²) in [5.41, 5.74) is 3.93. The molecule has 0 radical (unpaired) electrons. The molecule has 1 heterocycles. The van der Waals surface area contributed by atoms with Crippen molar-refractivity contribution in [3.63, 3.8) is 0 Å². The summed E-state index contributed by atoms with van der Waals surface area (Å²) in [4.78, 5) is 0. The van der Waals surface area contributed by atoms with Crippen LogP contribution in [0.1, 0.15) is 24.0 Å². The average Bonchev–Trinajstić information content (AvgIpc) is 2.47. The second-order valence-electron chi connectivity index (χ2n) is 5.86. The van der Waals surface area contributed by atoms with Gasteiger partial charge in [-0.2, -0.15) is 13.2 Å². The van der Waals surface area contributed by atoms with Gasteiger partial charge in [0.25, 0.3) is 0 Å². The Kier molecular flexibility index (Phi) is 7.53. The summed E-state index contributed by atoms with van der Waals surface area (Å²) in [5.74, 6) is 5.07. The molecule has 136 valence electrons. The fraction of sp³-hybridized carbons (Fsp3) is 0.500. The first kappa shape index (κ1) is 20.3. The van der Waals surface area contributed by atoms with Crippen molar-refractivity contribution in [3.05, 3.63) is 47.8 Å². The highest BCUT2D eigenvalue weighted by molar-refractivity contribution is 5.27. The Hall–Kier alpha value is -1.77. The minimum absolute atomic E-state index is 0.276. The molecule has 1 aromatic carbocycles. The number of hydrazine groups is 1. The molecular weight excluding hydrogens is 321 g/mol. The largest absolute Gasteiger partial charge is 0.416 e. The molecule has 5 nitrogen and oxygen atoms in total. The van der Waals surface area contributed by atoms with Crippen LogP contribution in [-0.4, -0.2) is 35.9 Å². The standard InChI is InChI=1S/C13H16F3NO.C3H9N3/c14-13(15,16)11-3-1-2-10(8-11)9-12(18)4-6-17-7-5-12;1-6(5)3-2-4/h1-3,8,17-18H,4-7,9H2;2-3H,4-5H2,1H3/b;3-2-. The average molecular weight is 346 g/mol. The van der Waals surface area contributed by atoms with E-state index in [1.54, 1.807) is 19.3 Å². The van der Waals surface area contributed by atoms with Crippen molar-refractivity contribution < 1.29 is 18.3 Å². The Balaban J connectivity index is 0.000000413. The van der Waals surface area contributed by atoms with E-state index in [0.717, 1.165) is 12.1 Å². The number of alkyl halides is 3. The number of benzene rings is 1. The summed E-state index contributed by atoms with van der Waals surface area (Å²) in [5, 5.41) is 14.8. The van der Waals surface area contributed by atoms with Gasteiger partial charge in [-0.05, 0) is 37.6 Å². The molecule has 0 saturated carbocycles. The molecule has 0 unspecified atom stereocenters. The van der Waals surface area contributed by atoms with Gasteiger partial charge in [-0.3, -0.25) is 0 Å². The fourth-order valence-corrected chi connectivity index (χ4v) is 2.44. The van der Waals surface area contributed by atoms with Gasteiger partial charge in [0.15, 0.2) is 0 Å². The molecule has 1 aliphatic rings. The molecule has 0 aromatic heterocycles. The third-order valence-corrected chi connectivity index (χ3v) is 3.64. The van der Waals surface area contributed by atoms with E-state index in [1.165, 1.54) is 17.3 Å². The highest BCUT2D eigenvalue weighted by Gasteiger charge is 2.32. The maximum atomic E-state index is 12.6. The number of aliphatic hydroxyl groups is 1. The molecule has 8 heteroatoms. The highest BCUT2D eigenvalue weighted by atomic mass is 19.4. The molecule has 1 fully saturated rings. The molecular formula is C16H25F3N4O. The summed E-state index contributed by atoms with van der Waals surface area (Å²) < 4.78 is 37.7. The van der Waals surface area contributed by atoms with E-state index in [9.17, 15) is 18.3 Å². The van der Waals surface area contributed by atoms with E-state index in [2.05, 4.69) is 5.32 Å². The van der Waals surface area contributed by atoms with E-state index < -0.39 is 17.3 Å². The van der Waals surface area contributed by atoms with Crippen molar-refractivity contribution in [2.75, 3.05) is 20.1 Å². The van der Waals surface area contributed by atoms with Crippen LogP contribution >= 0.6 is 0 Å². The van der Waals surface area contributed by atoms with Crippen LogP contribution in [0.4, 0.5) is 13.2 Å². The fourth-order valence-electron chi connectivity index (χ4n) is 2.44. The molecule has 6 N–H and O–H groups in total. The van der Waals surface area contributed by atoms with Crippen LogP contribution in [0.15, 0.2) is 36.7 Å². The van der Waals surface area contributed by atoms with Crippen molar-refractivity contribution in [2.45, 2.75) is 31.0 Å². The number of nitrogens with one attached hydrogen (secondary N) is 1. The zero-order valence-electron chi connectivity index (χ0n) is 13.7. The first-order valence-electron chi connectivity index (χ1n) is 7.61. The molecule has 0 aliphatic carbocycles. The van der Waals surface area contributed by atoms with Crippen LogP contribution in [0.3, 0.4) is 0 Å². The summed E-state index contributed by atoms with van der Waals surface area (Å²) in [6, 6.07) is 5.20. The first-order chi connectivity index (χ1) is 11.2. The normalized spacial score (nSPS) is 17.2. The predicted molar refractivity (Wildman–Crippen MR) is 87.5 cm³/mol. The third-order valence-electron chi connectivity index (χ3n) is 3.64. The number of nitrogens with zero attached hydrogens (tertiary/aromatic N) is 1. The number of hydrogen-bond donors (Lipinski definition) is 4. The first-order valence-corrected chi connectivity index (χ1v) is 7.61. The molecule has 0 spiro atoms. The van der Waals surface area contributed by atoms with Crippen molar-refractivity contribution in [3.8, 4) is 0 Å². The second-order valence-corrected chi connectivity index (χ2v) is 5.86. The van der Waals surface area contributed by atoms with Gasteiger partial charge in [-0.15, -0.1) is 0 Å². The van der Waals surface area contributed by atoms with Crippen LogP contribution in [0, 0.1) is 0 Å². The van der Waals surface area contributed by atoms with Gasteiger partial charge >= 0.3 is 6.18 Å². The number of hydrogen-bond acceptors (Lipinski definition) is 5. The van der Waals surface area contributed by atoms with Gasteiger partial charge < -0.3 is 21.2 Å². The molecule has 1 aliphatic heterocycles. The van der Waals surface area contributed by atoms with E-state index in [1.807, 2.05) is 0 Å². The van der Waals surface area contributed by atoms with Crippen LogP contribution < -0.4 is 16.9 Å². The summed E-state index contributed by atoms with van der Waals surface area (Å²) in [6.45, 7) is 1.41. The van der Waals surface area contributed by atoms with Crippen LogP contribution in [-0.2, 0) is 12.6 Å². The Morgan fingerprint density at radius 1 is 1.33 bits per heavy atom. The van der Waals surface area contributed by atoms with Gasteiger partial charge in [0, 0.05) is 25.9 Å². The van der Waals surface area contributed by atoms with E-state index in [-0.39, 0.29) is 6.42 Å². The molecule has 0 atom stereocenters. The van der Waals surface area contributed by atoms with E-state index in [4.69, 9.17) is 11.6 Å². The van der Waals surface area contributed by atoms with Crippen molar-refractivity contribution in [2.24, 2.45) is 11.6 Å². The SMILES string of the molecule is CN(N)/C=C\N.OC1(Cc2cccc(C(F)(F)F)c2)CCNCC1. The van der Waals surface area contributed by atoms with Crippen molar-refractivity contribution in [1.29, 1.82) is 0 Å². The molecule has 1 aromatic rings. The topological polar surface area (TPSA) is 87.5 Å². The van der Waals surface area contributed by atoms with Gasteiger partial charge in [0.05, 0.1) is 11.2 Å². The van der Waals surface area contributed by atoms with Crippen LogP contribution in [0.5, 0.6) is 0 Å². The molecule has 0 bridgehead atoms. The maximum absolute atomic E-state index is 12.6. The van der Waals surface area contributed by atoms with E-state index in [0.29, 0.717) is 31.5 Å². The lowest BCUT2D eigenvalue weighted by molar-refractivity contribution is -0.137. The van der Waals surface area contributed by atoms with Crippen molar-refractivity contribution >= 4 is 0 Å². The number of piperidine rings is 1. The van der Waals surface area contributed by atoms with E-state index >= 15 is 0 Å². The smallest absolute Gasteiger partial charge is 0.403 e. The minimum atomic E-state index is -4.33. The zero-order valence-corrected chi connectivity index (χ0v) is 13.7. The Bertz CT molecular complexity index is 526. The zero-order chi connectivity index (χ0) is 18.2.